The first-order valence-corrected chi connectivity index (χ1v) is 4.75. The van der Waals surface area contributed by atoms with Gasteiger partial charge in [0.25, 0.3) is 0 Å². The van der Waals surface area contributed by atoms with Gasteiger partial charge in [0.2, 0.25) is 0 Å². The third-order valence-electron chi connectivity index (χ3n) is 1.69. The molecule has 2 N–H and O–H groups in total. The zero-order valence-corrected chi connectivity index (χ0v) is 8.95. The Labute approximate surface area is 89.4 Å². The summed E-state index contributed by atoms with van der Waals surface area (Å²) in [7, 11) is 0. The van der Waals surface area contributed by atoms with Gasteiger partial charge < -0.3 is 10.6 Å². The minimum atomic E-state index is -0.201. The second kappa shape index (κ2) is 5.80. The van der Waals surface area contributed by atoms with Crippen molar-refractivity contribution in [2.24, 2.45) is 0 Å². The molecule has 1 heterocycles. The molecule has 0 radical (unpaired) electrons. The van der Waals surface area contributed by atoms with E-state index in [0.29, 0.717) is 6.54 Å². The third-order valence-corrected chi connectivity index (χ3v) is 1.69. The zero-order valence-electron chi connectivity index (χ0n) is 8.95. The number of amides is 2. The van der Waals surface area contributed by atoms with E-state index in [1.807, 2.05) is 26.0 Å². The number of allylic oxidation sites excluding steroid dienone is 1. The van der Waals surface area contributed by atoms with E-state index in [2.05, 4.69) is 15.6 Å². The highest BCUT2D eigenvalue weighted by Gasteiger charge is 1.96. The van der Waals surface area contributed by atoms with Crippen LogP contribution in [-0.4, -0.2) is 11.0 Å². The minimum Gasteiger partial charge on any atom is -0.334 e. The molecule has 80 valence electrons. The molecule has 0 saturated heterocycles. The number of nitrogens with one attached hydrogen (secondary N) is 2. The number of aromatic nitrogens is 1. The normalized spacial score (nSPS) is 9.20. The van der Waals surface area contributed by atoms with Crippen LogP contribution in [0.15, 0.2) is 36.3 Å². The Morgan fingerprint density at radius 1 is 1.40 bits per heavy atom. The summed E-state index contributed by atoms with van der Waals surface area (Å²) >= 11 is 0. The fraction of sp³-hybridized carbons (Fsp3) is 0.273. The number of carbonyl (C=O) groups excluding carboxylic acids is 1. The largest absolute Gasteiger partial charge is 0.334 e. The van der Waals surface area contributed by atoms with Gasteiger partial charge in [-0.25, -0.2) is 4.79 Å². The van der Waals surface area contributed by atoms with Crippen molar-refractivity contribution in [2.45, 2.75) is 20.4 Å². The summed E-state index contributed by atoms with van der Waals surface area (Å²) in [5, 5.41) is 5.36. The molecule has 1 rings (SSSR count). The molecule has 1 aromatic heterocycles. The van der Waals surface area contributed by atoms with Crippen molar-refractivity contribution in [1.29, 1.82) is 0 Å². The molecule has 0 spiro atoms. The molecule has 0 aromatic carbocycles. The van der Waals surface area contributed by atoms with E-state index in [4.69, 9.17) is 0 Å². The molecule has 0 atom stereocenters. The lowest BCUT2D eigenvalue weighted by atomic mass is 10.3. The first-order valence-electron chi connectivity index (χ1n) is 4.75. The Kier molecular flexibility index (Phi) is 4.34. The van der Waals surface area contributed by atoms with Gasteiger partial charge in [0.05, 0.1) is 0 Å². The van der Waals surface area contributed by atoms with Crippen molar-refractivity contribution in [2.75, 3.05) is 0 Å². The zero-order chi connectivity index (χ0) is 11.1. The van der Waals surface area contributed by atoms with Crippen LogP contribution in [0.3, 0.4) is 0 Å². The predicted octanol–water partition coefficient (Wildman–Crippen LogP) is 1.80. The average molecular weight is 205 g/mol. The highest BCUT2D eigenvalue weighted by atomic mass is 16.2. The number of urea groups is 1. The highest BCUT2D eigenvalue weighted by molar-refractivity contribution is 5.74. The van der Waals surface area contributed by atoms with Gasteiger partial charge in [0.15, 0.2) is 0 Å². The van der Waals surface area contributed by atoms with Gasteiger partial charge in [-0.15, -0.1) is 0 Å². The predicted molar refractivity (Wildman–Crippen MR) is 59.0 cm³/mol. The monoisotopic (exact) mass is 205 g/mol. The van der Waals surface area contributed by atoms with E-state index in [0.717, 1.165) is 11.1 Å². The lowest BCUT2D eigenvalue weighted by molar-refractivity contribution is 0.243. The summed E-state index contributed by atoms with van der Waals surface area (Å²) in [5.41, 5.74) is 2.08. The summed E-state index contributed by atoms with van der Waals surface area (Å²) in [6.45, 7) is 4.34. The SMILES string of the molecule is CC(C)=CNC(=O)NCc1ccncc1. The molecule has 0 fully saturated rings. The second-order valence-electron chi connectivity index (χ2n) is 3.40. The summed E-state index contributed by atoms with van der Waals surface area (Å²) in [4.78, 5) is 15.1. The number of pyridine rings is 1. The summed E-state index contributed by atoms with van der Waals surface area (Å²) < 4.78 is 0. The molecule has 15 heavy (non-hydrogen) atoms. The molecule has 0 bridgehead atoms. The molecular formula is C11H15N3O. The van der Waals surface area contributed by atoms with E-state index in [9.17, 15) is 4.79 Å². The Morgan fingerprint density at radius 3 is 2.67 bits per heavy atom. The van der Waals surface area contributed by atoms with Crippen molar-refractivity contribution >= 4 is 6.03 Å². The molecule has 1 aromatic rings. The van der Waals surface area contributed by atoms with Crippen LogP contribution in [0.1, 0.15) is 19.4 Å². The fourth-order valence-electron chi connectivity index (χ4n) is 0.944. The lowest BCUT2D eigenvalue weighted by Gasteiger charge is -2.04. The fourth-order valence-corrected chi connectivity index (χ4v) is 0.944. The van der Waals surface area contributed by atoms with Crippen molar-refractivity contribution in [1.82, 2.24) is 15.6 Å². The van der Waals surface area contributed by atoms with Crippen LogP contribution in [0.25, 0.3) is 0 Å². The Balaban J connectivity index is 2.32. The first-order chi connectivity index (χ1) is 7.18. The molecule has 4 heteroatoms. The topological polar surface area (TPSA) is 54.0 Å². The molecule has 0 aliphatic heterocycles. The average Bonchev–Trinajstić information content (AvgIpc) is 2.25. The Hall–Kier alpha value is -1.84. The maximum absolute atomic E-state index is 11.2. The molecule has 0 unspecified atom stereocenters. The van der Waals surface area contributed by atoms with E-state index in [1.54, 1.807) is 18.6 Å². The first kappa shape index (κ1) is 11.2. The second-order valence-corrected chi connectivity index (χ2v) is 3.40. The summed E-state index contributed by atoms with van der Waals surface area (Å²) in [6.07, 6.45) is 5.07. The Morgan fingerprint density at radius 2 is 2.07 bits per heavy atom. The third kappa shape index (κ3) is 4.81. The van der Waals surface area contributed by atoms with Crippen LogP contribution < -0.4 is 10.6 Å². The van der Waals surface area contributed by atoms with E-state index < -0.39 is 0 Å². The molecule has 0 aliphatic carbocycles. The van der Waals surface area contributed by atoms with E-state index >= 15 is 0 Å². The van der Waals surface area contributed by atoms with Crippen LogP contribution in [0.4, 0.5) is 4.79 Å². The highest BCUT2D eigenvalue weighted by Crippen LogP contribution is 1.94. The Bertz CT molecular complexity index is 342. The summed E-state index contributed by atoms with van der Waals surface area (Å²) in [6, 6.07) is 3.52. The number of carbonyl (C=O) groups is 1. The van der Waals surface area contributed by atoms with Crippen LogP contribution in [0.2, 0.25) is 0 Å². The van der Waals surface area contributed by atoms with Gasteiger partial charge in [-0.3, -0.25) is 4.98 Å². The lowest BCUT2D eigenvalue weighted by Crippen LogP contribution is -2.31. The number of rotatable bonds is 3. The maximum atomic E-state index is 11.2. The molecule has 4 nitrogen and oxygen atoms in total. The van der Waals surface area contributed by atoms with Crippen LogP contribution in [0.5, 0.6) is 0 Å². The van der Waals surface area contributed by atoms with Crippen molar-refractivity contribution < 1.29 is 4.79 Å². The standard InChI is InChI=1S/C11H15N3O/c1-9(2)7-13-11(15)14-8-10-3-5-12-6-4-10/h3-7H,8H2,1-2H3,(H2,13,14,15). The van der Waals surface area contributed by atoms with E-state index in [-0.39, 0.29) is 6.03 Å². The van der Waals surface area contributed by atoms with Crippen molar-refractivity contribution in [3.63, 3.8) is 0 Å². The van der Waals surface area contributed by atoms with Gasteiger partial charge >= 0.3 is 6.03 Å². The maximum Gasteiger partial charge on any atom is 0.319 e. The smallest absolute Gasteiger partial charge is 0.319 e. The molecular weight excluding hydrogens is 190 g/mol. The van der Waals surface area contributed by atoms with Gasteiger partial charge in [0.1, 0.15) is 0 Å². The molecule has 0 saturated carbocycles. The van der Waals surface area contributed by atoms with Crippen LogP contribution in [0, 0.1) is 0 Å². The van der Waals surface area contributed by atoms with Crippen molar-refractivity contribution in [3.05, 3.63) is 41.9 Å². The van der Waals surface area contributed by atoms with Gasteiger partial charge in [-0.1, -0.05) is 5.57 Å². The van der Waals surface area contributed by atoms with Gasteiger partial charge in [-0.05, 0) is 31.5 Å². The molecule has 2 amide bonds. The number of hydrogen-bond donors (Lipinski definition) is 2. The number of hydrogen-bond acceptors (Lipinski definition) is 2. The van der Waals surface area contributed by atoms with Crippen LogP contribution in [-0.2, 0) is 6.54 Å². The van der Waals surface area contributed by atoms with Gasteiger partial charge in [-0.2, -0.15) is 0 Å². The molecule has 0 aliphatic rings. The quantitative estimate of drug-likeness (QED) is 0.790. The van der Waals surface area contributed by atoms with Gasteiger partial charge in [0, 0.05) is 25.1 Å². The minimum absolute atomic E-state index is 0.201. The van der Waals surface area contributed by atoms with Crippen LogP contribution >= 0.6 is 0 Å². The number of nitrogens with zero attached hydrogens (tertiary/aromatic N) is 1. The van der Waals surface area contributed by atoms with E-state index in [1.165, 1.54) is 0 Å². The van der Waals surface area contributed by atoms with Crippen molar-refractivity contribution in [3.8, 4) is 0 Å². The summed E-state index contributed by atoms with van der Waals surface area (Å²) in [5.74, 6) is 0.